The van der Waals surface area contributed by atoms with Crippen molar-refractivity contribution >= 4 is 38.9 Å². The Morgan fingerprint density at radius 1 is 1.03 bits per heavy atom. The molecule has 0 fully saturated rings. The van der Waals surface area contributed by atoms with Crippen molar-refractivity contribution in [2.75, 3.05) is 11.4 Å². The second kappa shape index (κ2) is 8.52. The molecule has 30 heavy (non-hydrogen) atoms. The van der Waals surface area contributed by atoms with Crippen molar-refractivity contribution in [3.8, 4) is 5.75 Å². The summed E-state index contributed by atoms with van der Waals surface area (Å²) in [7, 11) is -2.86. The number of halogens is 1. The van der Waals surface area contributed by atoms with Crippen LogP contribution in [-0.4, -0.2) is 26.4 Å². The van der Waals surface area contributed by atoms with Gasteiger partial charge in [-0.1, -0.05) is 29.8 Å². The van der Waals surface area contributed by atoms with E-state index in [-0.39, 0.29) is 26.9 Å². The molecule has 0 saturated heterocycles. The van der Waals surface area contributed by atoms with E-state index < -0.39 is 20.9 Å². The van der Waals surface area contributed by atoms with Gasteiger partial charge in [0.1, 0.15) is 5.75 Å². The first-order chi connectivity index (χ1) is 14.3. The van der Waals surface area contributed by atoms with Gasteiger partial charge in [-0.25, -0.2) is 8.42 Å². The fraction of sp³-hybridized carbons (Fsp3) is 0.0500. The molecule has 3 aromatic rings. The molecule has 0 aliphatic rings. The minimum atomic E-state index is -4.31. The number of ether oxygens (including phenoxy) is 1. The molecular formula is C20H15ClN2O6S. The lowest BCUT2D eigenvalue weighted by atomic mass is 10.2. The Bertz CT molecular complexity index is 1200. The first kappa shape index (κ1) is 21.3. The van der Waals surface area contributed by atoms with Crippen LogP contribution in [-0.2, 0) is 10.0 Å². The molecule has 3 rings (SSSR count). The van der Waals surface area contributed by atoms with Gasteiger partial charge in [0.25, 0.3) is 21.6 Å². The number of benzene rings is 3. The Hall–Kier alpha value is -3.43. The molecule has 0 heterocycles. The average Bonchev–Trinajstić information content (AvgIpc) is 2.74. The number of non-ortho nitro benzene ring substituents is 1. The number of nitrogens with zero attached hydrogens (tertiary/aromatic N) is 2. The Kier molecular flexibility index (Phi) is 6.04. The molecule has 1 amide bonds. The number of nitro groups is 1. The van der Waals surface area contributed by atoms with Crippen LogP contribution in [0.4, 0.5) is 11.4 Å². The lowest BCUT2D eigenvalue weighted by Gasteiger charge is -2.23. The Morgan fingerprint density at radius 3 is 2.20 bits per heavy atom. The summed E-state index contributed by atoms with van der Waals surface area (Å²) < 4.78 is 32.3. The zero-order chi connectivity index (χ0) is 21.9. The van der Waals surface area contributed by atoms with Crippen LogP contribution in [0.15, 0.2) is 77.7 Å². The first-order valence-corrected chi connectivity index (χ1v) is 10.3. The van der Waals surface area contributed by atoms with Crippen LogP contribution < -0.4 is 9.04 Å². The lowest BCUT2D eigenvalue weighted by molar-refractivity contribution is -0.384. The third-order valence-electron chi connectivity index (χ3n) is 4.17. The van der Waals surface area contributed by atoms with E-state index in [0.29, 0.717) is 10.1 Å². The summed E-state index contributed by atoms with van der Waals surface area (Å²) in [5, 5.41) is 10.7. The van der Waals surface area contributed by atoms with Gasteiger partial charge < -0.3 is 4.74 Å². The molecule has 3 aromatic carbocycles. The van der Waals surface area contributed by atoms with E-state index in [4.69, 9.17) is 16.3 Å². The highest BCUT2D eigenvalue weighted by Crippen LogP contribution is 2.30. The second-order valence-electron chi connectivity index (χ2n) is 6.01. The predicted octanol–water partition coefficient (Wildman–Crippen LogP) is 4.29. The van der Waals surface area contributed by atoms with Crippen molar-refractivity contribution in [2.24, 2.45) is 0 Å². The monoisotopic (exact) mass is 446 g/mol. The Morgan fingerprint density at radius 2 is 1.67 bits per heavy atom. The van der Waals surface area contributed by atoms with E-state index in [1.54, 1.807) is 6.07 Å². The van der Waals surface area contributed by atoms with Gasteiger partial charge in [-0.2, -0.15) is 4.31 Å². The summed E-state index contributed by atoms with van der Waals surface area (Å²) in [6.07, 6.45) is 0. The van der Waals surface area contributed by atoms with Gasteiger partial charge in [-0.05, 0) is 42.5 Å². The molecular weight excluding hydrogens is 432 g/mol. The minimum Gasteiger partial charge on any atom is -0.497 e. The van der Waals surface area contributed by atoms with Crippen LogP contribution in [0.1, 0.15) is 10.4 Å². The molecule has 0 unspecified atom stereocenters. The predicted molar refractivity (Wildman–Crippen MR) is 112 cm³/mol. The summed E-state index contributed by atoms with van der Waals surface area (Å²) in [5.74, 6) is -0.486. The molecule has 8 nitrogen and oxygen atoms in total. The average molecular weight is 447 g/mol. The SMILES string of the molecule is COc1ccc(N(C(=O)c2ccc([N+](=O)[O-])cc2Cl)S(=O)(=O)c2ccccc2)cc1. The number of nitro benzene ring substituents is 1. The van der Waals surface area contributed by atoms with Crippen LogP contribution in [0.25, 0.3) is 0 Å². The molecule has 0 radical (unpaired) electrons. The molecule has 0 N–H and O–H groups in total. The van der Waals surface area contributed by atoms with Crippen molar-refractivity contribution in [3.63, 3.8) is 0 Å². The van der Waals surface area contributed by atoms with Crippen molar-refractivity contribution in [1.29, 1.82) is 0 Å². The highest BCUT2D eigenvalue weighted by molar-refractivity contribution is 7.93. The summed E-state index contributed by atoms with van der Waals surface area (Å²) in [5.41, 5.74) is -0.463. The van der Waals surface area contributed by atoms with Gasteiger partial charge in [0.05, 0.1) is 33.2 Å². The molecule has 0 spiro atoms. The first-order valence-electron chi connectivity index (χ1n) is 8.48. The fourth-order valence-electron chi connectivity index (χ4n) is 2.68. The van der Waals surface area contributed by atoms with Crippen molar-refractivity contribution in [2.45, 2.75) is 4.90 Å². The van der Waals surface area contributed by atoms with Gasteiger partial charge in [-0.3, -0.25) is 14.9 Å². The number of carbonyl (C=O) groups is 1. The maximum atomic E-state index is 13.3. The van der Waals surface area contributed by atoms with Crippen LogP contribution in [0.5, 0.6) is 5.75 Å². The Balaban J connectivity index is 2.16. The van der Waals surface area contributed by atoms with Crippen molar-refractivity contribution in [3.05, 3.63) is 93.5 Å². The minimum absolute atomic E-state index is 0.0547. The van der Waals surface area contributed by atoms with Gasteiger partial charge in [0.15, 0.2) is 0 Å². The second-order valence-corrected chi connectivity index (χ2v) is 8.20. The molecule has 10 heteroatoms. The van der Waals surface area contributed by atoms with Gasteiger partial charge in [0, 0.05) is 12.1 Å². The maximum absolute atomic E-state index is 13.3. The van der Waals surface area contributed by atoms with Crippen LogP contribution in [0, 0.1) is 10.1 Å². The van der Waals surface area contributed by atoms with Gasteiger partial charge >= 0.3 is 0 Å². The summed E-state index contributed by atoms with van der Waals surface area (Å²) in [6.45, 7) is 0. The van der Waals surface area contributed by atoms with E-state index in [9.17, 15) is 23.3 Å². The van der Waals surface area contributed by atoms with Gasteiger partial charge in [-0.15, -0.1) is 0 Å². The maximum Gasteiger partial charge on any atom is 0.273 e. The standard InChI is InChI=1S/C20H15ClN2O6S/c1-29-16-10-7-14(8-11-16)22(30(27,28)17-5-3-2-4-6-17)20(24)18-12-9-15(23(25)26)13-19(18)21/h2-13H,1H3. The van der Waals surface area contributed by atoms with E-state index in [1.165, 1.54) is 55.6 Å². The zero-order valence-corrected chi connectivity index (χ0v) is 17.1. The van der Waals surface area contributed by atoms with E-state index in [2.05, 4.69) is 0 Å². The topological polar surface area (TPSA) is 107 Å². The van der Waals surface area contributed by atoms with E-state index >= 15 is 0 Å². The highest BCUT2D eigenvalue weighted by atomic mass is 35.5. The molecule has 0 bridgehead atoms. The third kappa shape index (κ3) is 4.12. The van der Waals surface area contributed by atoms with Crippen LogP contribution in [0.3, 0.4) is 0 Å². The van der Waals surface area contributed by atoms with Gasteiger partial charge in [0.2, 0.25) is 0 Å². The summed E-state index contributed by atoms with van der Waals surface area (Å²) in [4.78, 5) is 23.5. The summed E-state index contributed by atoms with van der Waals surface area (Å²) in [6, 6.07) is 16.5. The number of anilines is 1. The molecule has 154 valence electrons. The van der Waals surface area contributed by atoms with E-state index in [1.807, 2.05) is 0 Å². The number of amides is 1. The zero-order valence-electron chi connectivity index (χ0n) is 15.6. The number of hydrogen-bond donors (Lipinski definition) is 0. The number of methoxy groups -OCH3 is 1. The third-order valence-corrected chi connectivity index (χ3v) is 6.20. The van der Waals surface area contributed by atoms with Crippen molar-refractivity contribution < 1.29 is 22.9 Å². The molecule has 0 aromatic heterocycles. The molecule has 0 atom stereocenters. The number of carbonyl (C=O) groups excluding carboxylic acids is 1. The molecule has 0 saturated carbocycles. The number of hydrogen-bond acceptors (Lipinski definition) is 6. The smallest absolute Gasteiger partial charge is 0.273 e. The largest absolute Gasteiger partial charge is 0.497 e. The van der Waals surface area contributed by atoms with Crippen LogP contribution in [0.2, 0.25) is 5.02 Å². The molecule has 0 aliphatic carbocycles. The number of rotatable bonds is 6. The van der Waals surface area contributed by atoms with Crippen LogP contribution >= 0.6 is 11.6 Å². The molecule has 0 aliphatic heterocycles. The summed E-state index contributed by atoms with van der Waals surface area (Å²) >= 11 is 6.08. The van der Waals surface area contributed by atoms with Crippen molar-refractivity contribution in [1.82, 2.24) is 0 Å². The Labute approximate surface area is 177 Å². The van der Waals surface area contributed by atoms with E-state index in [0.717, 1.165) is 18.2 Å². The quantitative estimate of drug-likeness (QED) is 0.413. The highest BCUT2D eigenvalue weighted by Gasteiger charge is 2.33. The normalized spacial score (nSPS) is 11.0. The number of sulfonamides is 1. The fourth-order valence-corrected chi connectivity index (χ4v) is 4.36. The lowest BCUT2D eigenvalue weighted by Crippen LogP contribution is -2.37.